The first-order valence-electron chi connectivity index (χ1n) is 6.75. The number of aryl methyl sites for hydroxylation is 1. The van der Waals surface area contributed by atoms with Crippen LogP contribution in [0.15, 0.2) is 24.3 Å². The van der Waals surface area contributed by atoms with Crippen LogP contribution in [0.4, 0.5) is 5.69 Å². The first-order chi connectivity index (χ1) is 9.18. The number of carbonyl (C=O) groups is 1. The fourth-order valence-electron chi connectivity index (χ4n) is 2.59. The zero-order chi connectivity index (χ0) is 13.7. The Hall–Kier alpha value is -1.39. The minimum absolute atomic E-state index is 0.0742. The van der Waals surface area contributed by atoms with Gasteiger partial charge in [0.2, 0.25) is 5.91 Å². The predicted molar refractivity (Wildman–Crippen MR) is 76.2 cm³/mol. The highest BCUT2D eigenvalue weighted by molar-refractivity contribution is 5.96. The van der Waals surface area contributed by atoms with Crippen molar-refractivity contribution in [3.63, 3.8) is 0 Å². The molecule has 0 atom stereocenters. The van der Waals surface area contributed by atoms with E-state index in [0.29, 0.717) is 6.61 Å². The van der Waals surface area contributed by atoms with Crippen LogP contribution in [0, 0.1) is 12.3 Å². The second kappa shape index (κ2) is 6.17. The lowest BCUT2D eigenvalue weighted by molar-refractivity contribution is -0.130. The van der Waals surface area contributed by atoms with Gasteiger partial charge in [0, 0.05) is 12.8 Å². The van der Waals surface area contributed by atoms with E-state index in [9.17, 15) is 4.79 Å². The van der Waals surface area contributed by atoms with Gasteiger partial charge < -0.3 is 15.4 Å². The van der Waals surface area contributed by atoms with Gasteiger partial charge in [-0.3, -0.25) is 4.79 Å². The number of para-hydroxylation sites is 1. The molecule has 1 amide bonds. The van der Waals surface area contributed by atoms with Crippen LogP contribution in [0.1, 0.15) is 18.4 Å². The SMILES string of the molecule is COCC1(C(=O)Nc2ccccc2C)CCNCC1. The van der Waals surface area contributed by atoms with Gasteiger partial charge in [0.1, 0.15) is 0 Å². The summed E-state index contributed by atoms with van der Waals surface area (Å²) < 4.78 is 5.29. The van der Waals surface area contributed by atoms with Crippen molar-refractivity contribution in [3.8, 4) is 0 Å². The number of amides is 1. The summed E-state index contributed by atoms with van der Waals surface area (Å²) >= 11 is 0. The summed E-state index contributed by atoms with van der Waals surface area (Å²) in [6.07, 6.45) is 1.64. The molecular weight excluding hydrogens is 240 g/mol. The summed E-state index contributed by atoms with van der Waals surface area (Å²) in [7, 11) is 1.66. The highest BCUT2D eigenvalue weighted by atomic mass is 16.5. The molecule has 104 valence electrons. The maximum absolute atomic E-state index is 12.6. The van der Waals surface area contributed by atoms with E-state index < -0.39 is 5.41 Å². The van der Waals surface area contributed by atoms with E-state index in [1.165, 1.54) is 0 Å². The van der Waals surface area contributed by atoms with E-state index in [-0.39, 0.29) is 5.91 Å². The Morgan fingerprint density at radius 3 is 2.68 bits per heavy atom. The Kier molecular flexibility index (Phi) is 4.56. The lowest BCUT2D eigenvalue weighted by Crippen LogP contribution is -2.47. The van der Waals surface area contributed by atoms with E-state index in [1.54, 1.807) is 7.11 Å². The minimum atomic E-state index is -0.401. The van der Waals surface area contributed by atoms with Gasteiger partial charge >= 0.3 is 0 Å². The van der Waals surface area contributed by atoms with E-state index in [1.807, 2.05) is 31.2 Å². The number of ether oxygens (including phenoxy) is 1. The molecule has 0 aromatic heterocycles. The number of piperidine rings is 1. The summed E-state index contributed by atoms with van der Waals surface area (Å²) in [5.74, 6) is 0.0742. The van der Waals surface area contributed by atoms with Crippen LogP contribution < -0.4 is 10.6 Å². The third-order valence-corrected chi connectivity index (χ3v) is 3.86. The fourth-order valence-corrected chi connectivity index (χ4v) is 2.59. The summed E-state index contributed by atoms with van der Waals surface area (Å²) in [6, 6.07) is 7.85. The van der Waals surface area contributed by atoms with Crippen molar-refractivity contribution >= 4 is 11.6 Å². The molecule has 19 heavy (non-hydrogen) atoms. The molecule has 1 aliphatic heterocycles. The largest absolute Gasteiger partial charge is 0.384 e. The summed E-state index contributed by atoms with van der Waals surface area (Å²) in [4.78, 5) is 12.6. The lowest BCUT2D eigenvalue weighted by atomic mass is 9.78. The zero-order valence-corrected chi connectivity index (χ0v) is 11.7. The van der Waals surface area contributed by atoms with Crippen molar-refractivity contribution in [3.05, 3.63) is 29.8 Å². The van der Waals surface area contributed by atoms with Gasteiger partial charge in [0.05, 0.1) is 12.0 Å². The van der Waals surface area contributed by atoms with Crippen LogP contribution in [0.3, 0.4) is 0 Å². The second-order valence-electron chi connectivity index (χ2n) is 5.23. The first-order valence-corrected chi connectivity index (χ1v) is 6.75. The summed E-state index contributed by atoms with van der Waals surface area (Å²) in [5, 5.41) is 6.35. The van der Waals surface area contributed by atoms with Crippen LogP contribution in [-0.2, 0) is 9.53 Å². The lowest BCUT2D eigenvalue weighted by Gasteiger charge is -2.35. The number of anilines is 1. The Morgan fingerprint density at radius 1 is 1.37 bits per heavy atom. The maximum atomic E-state index is 12.6. The number of methoxy groups -OCH3 is 1. The minimum Gasteiger partial charge on any atom is -0.384 e. The predicted octanol–water partition coefficient (Wildman–Crippen LogP) is 1.95. The van der Waals surface area contributed by atoms with Crippen molar-refractivity contribution in [2.24, 2.45) is 5.41 Å². The fraction of sp³-hybridized carbons (Fsp3) is 0.533. The highest BCUT2D eigenvalue weighted by Crippen LogP contribution is 2.31. The first kappa shape index (κ1) is 14.0. The number of nitrogens with one attached hydrogen (secondary N) is 2. The number of rotatable bonds is 4. The number of hydrogen-bond acceptors (Lipinski definition) is 3. The molecule has 1 aromatic rings. The average molecular weight is 262 g/mol. The molecule has 4 heteroatoms. The Balaban J connectivity index is 2.14. The van der Waals surface area contributed by atoms with Gasteiger partial charge in [-0.2, -0.15) is 0 Å². The normalized spacial score (nSPS) is 18.0. The molecule has 1 aliphatic rings. The molecule has 0 unspecified atom stereocenters. The maximum Gasteiger partial charge on any atom is 0.233 e. The van der Waals surface area contributed by atoms with Crippen molar-refractivity contribution in [2.75, 3.05) is 32.1 Å². The third-order valence-electron chi connectivity index (χ3n) is 3.86. The van der Waals surface area contributed by atoms with Crippen LogP contribution in [0.25, 0.3) is 0 Å². The molecule has 0 bridgehead atoms. The van der Waals surface area contributed by atoms with Crippen molar-refractivity contribution in [1.29, 1.82) is 0 Å². The van der Waals surface area contributed by atoms with E-state index in [2.05, 4.69) is 10.6 Å². The Labute approximate surface area is 114 Å². The summed E-state index contributed by atoms with van der Waals surface area (Å²) in [5.41, 5.74) is 1.57. The summed E-state index contributed by atoms with van der Waals surface area (Å²) in [6.45, 7) is 4.21. The van der Waals surface area contributed by atoms with Crippen molar-refractivity contribution in [2.45, 2.75) is 19.8 Å². The van der Waals surface area contributed by atoms with Gasteiger partial charge in [-0.15, -0.1) is 0 Å². The van der Waals surface area contributed by atoms with Gasteiger partial charge in [0.25, 0.3) is 0 Å². The van der Waals surface area contributed by atoms with Gasteiger partial charge in [-0.25, -0.2) is 0 Å². The molecule has 0 saturated carbocycles. The molecule has 0 aliphatic carbocycles. The van der Waals surface area contributed by atoms with E-state index in [0.717, 1.165) is 37.2 Å². The molecule has 2 rings (SSSR count). The van der Waals surface area contributed by atoms with Crippen molar-refractivity contribution < 1.29 is 9.53 Å². The molecule has 0 radical (unpaired) electrons. The Morgan fingerprint density at radius 2 is 2.05 bits per heavy atom. The van der Waals surface area contributed by atoms with Crippen LogP contribution in [0.5, 0.6) is 0 Å². The molecule has 1 saturated heterocycles. The van der Waals surface area contributed by atoms with Gasteiger partial charge in [-0.1, -0.05) is 18.2 Å². The van der Waals surface area contributed by atoms with Gasteiger partial charge in [0.15, 0.2) is 0 Å². The third kappa shape index (κ3) is 3.14. The molecule has 1 aromatic carbocycles. The Bertz CT molecular complexity index is 434. The average Bonchev–Trinajstić information content (AvgIpc) is 2.42. The highest BCUT2D eigenvalue weighted by Gasteiger charge is 2.39. The number of carbonyl (C=O) groups excluding carboxylic acids is 1. The second-order valence-corrected chi connectivity index (χ2v) is 5.23. The monoisotopic (exact) mass is 262 g/mol. The van der Waals surface area contributed by atoms with Crippen LogP contribution >= 0.6 is 0 Å². The molecule has 1 heterocycles. The molecule has 2 N–H and O–H groups in total. The zero-order valence-electron chi connectivity index (χ0n) is 11.7. The standard InChI is InChI=1S/C15H22N2O2/c1-12-5-3-4-6-13(12)17-14(18)15(11-19-2)7-9-16-10-8-15/h3-6,16H,7-11H2,1-2H3,(H,17,18). The molecule has 4 nitrogen and oxygen atoms in total. The van der Waals surface area contributed by atoms with E-state index in [4.69, 9.17) is 4.74 Å². The molecule has 0 spiro atoms. The van der Waals surface area contributed by atoms with Crippen LogP contribution in [0.2, 0.25) is 0 Å². The molecular formula is C15H22N2O2. The van der Waals surface area contributed by atoms with Crippen molar-refractivity contribution in [1.82, 2.24) is 5.32 Å². The topological polar surface area (TPSA) is 50.4 Å². The number of benzene rings is 1. The van der Waals surface area contributed by atoms with Crippen LogP contribution in [-0.4, -0.2) is 32.7 Å². The smallest absolute Gasteiger partial charge is 0.233 e. The molecule has 1 fully saturated rings. The van der Waals surface area contributed by atoms with E-state index >= 15 is 0 Å². The van der Waals surface area contributed by atoms with Gasteiger partial charge in [-0.05, 0) is 44.5 Å². The quantitative estimate of drug-likeness (QED) is 0.872. The number of hydrogen-bond donors (Lipinski definition) is 2.